The molecular weight excluding hydrogens is 878 g/mol. The van der Waals surface area contributed by atoms with E-state index in [9.17, 15) is 42.3 Å². The number of piperazine rings is 1. The lowest BCUT2D eigenvalue weighted by Gasteiger charge is -2.72. The number of ketones is 1. The Morgan fingerprint density at radius 2 is 1.56 bits per heavy atom. The standard InChI is InChI=1S/C52H77F3N6O7/c1-29(2)39-34(62)28-51(58-44(67)47(7,8)57-41(63)33-27-37(52(53,54)55)59-61(33)25-24-60-22-20-56-21-23-60)19-18-49(10)30(40(39)51)12-13-36-48(9)16-15-38(46(5,6)35(48)14-17-50(36,49)11)68-43(66)32-26-31(42(64)65)45(32,3)4/h27,29-32,35-36,38,56H,12-26,28H2,1-11H3,(H,57,63)(H,58,67)(H,64,65)/t30-,31+,32-,35+,36-,38+,48+,49-,50-,51-/m1/s1. The number of Topliss-reactive ketones (excluding diaryl/α,β-unsaturated/α-hetero) is 1. The van der Waals surface area contributed by atoms with Crippen molar-refractivity contribution < 1.29 is 47.0 Å². The van der Waals surface area contributed by atoms with Crippen LogP contribution in [0.25, 0.3) is 0 Å². The van der Waals surface area contributed by atoms with Crippen molar-refractivity contribution >= 4 is 29.5 Å². The molecule has 8 rings (SSSR count). The fraction of sp³-hybridized carbons (Fsp3) is 0.808. The molecule has 13 nitrogen and oxygen atoms in total. The number of fused-ring (bicyclic) bond motifs is 7. The van der Waals surface area contributed by atoms with E-state index in [-0.39, 0.29) is 75.9 Å². The molecule has 10 atom stereocenters. The summed E-state index contributed by atoms with van der Waals surface area (Å²) in [5, 5.41) is 22.8. The lowest BCUT2D eigenvalue weighted by Crippen LogP contribution is -2.68. The summed E-state index contributed by atoms with van der Waals surface area (Å²) < 4.78 is 49.4. The number of carbonyl (C=O) groups excluding carboxylic acids is 4. The van der Waals surface area contributed by atoms with Crippen LogP contribution in [0, 0.1) is 62.6 Å². The Morgan fingerprint density at radius 3 is 2.18 bits per heavy atom. The summed E-state index contributed by atoms with van der Waals surface area (Å²) in [6.07, 6.45) is 2.01. The molecule has 68 heavy (non-hydrogen) atoms. The van der Waals surface area contributed by atoms with Gasteiger partial charge in [-0.1, -0.05) is 62.3 Å². The summed E-state index contributed by atoms with van der Waals surface area (Å²) in [5.74, 6) is -2.93. The van der Waals surface area contributed by atoms with Crippen molar-refractivity contribution in [1.82, 2.24) is 30.6 Å². The molecule has 16 heteroatoms. The monoisotopic (exact) mass is 955 g/mol. The quantitative estimate of drug-likeness (QED) is 0.160. The topological polar surface area (TPSA) is 172 Å². The number of hydrogen-bond acceptors (Lipinski definition) is 9. The van der Waals surface area contributed by atoms with Gasteiger partial charge in [0.1, 0.15) is 17.3 Å². The van der Waals surface area contributed by atoms with Gasteiger partial charge in [-0.25, -0.2) is 0 Å². The number of halogens is 3. The van der Waals surface area contributed by atoms with Crippen molar-refractivity contribution in [2.24, 2.45) is 62.6 Å². The highest BCUT2D eigenvalue weighted by Gasteiger charge is 2.71. The molecule has 2 heterocycles. The average Bonchev–Trinajstić information content (AvgIpc) is 3.80. The Morgan fingerprint density at radius 1 is 0.882 bits per heavy atom. The fourth-order valence-electron chi connectivity index (χ4n) is 15.8. The van der Waals surface area contributed by atoms with Gasteiger partial charge in [-0.2, -0.15) is 18.3 Å². The van der Waals surface area contributed by atoms with E-state index in [0.717, 1.165) is 93.0 Å². The molecule has 0 spiro atoms. The van der Waals surface area contributed by atoms with Crippen LogP contribution in [-0.2, 0) is 36.6 Å². The van der Waals surface area contributed by atoms with E-state index in [0.29, 0.717) is 25.3 Å². The number of hydrogen-bond donors (Lipinski definition) is 4. The number of alkyl halides is 3. The largest absolute Gasteiger partial charge is 0.481 e. The van der Waals surface area contributed by atoms with Crippen LogP contribution >= 0.6 is 0 Å². The highest BCUT2D eigenvalue weighted by molar-refractivity contribution is 6.03. The molecule has 4 N–H and O–H groups in total. The molecule has 0 unspecified atom stereocenters. The number of allylic oxidation sites excluding steroid dienone is 1. The number of carbonyl (C=O) groups is 5. The second-order valence-corrected chi connectivity index (χ2v) is 24.8. The number of ether oxygens (including phenoxy) is 1. The third-order valence-electron chi connectivity index (χ3n) is 20.0. The maximum absolute atomic E-state index is 14.7. The van der Waals surface area contributed by atoms with Crippen molar-refractivity contribution in [3.63, 3.8) is 0 Å². The Hall–Kier alpha value is -3.79. The molecule has 1 aliphatic heterocycles. The van der Waals surface area contributed by atoms with Gasteiger partial charge in [-0.15, -0.1) is 0 Å². The summed E-state index contributed by atoms with van der Waals surface area (Å²) >= 11 is 0. The predicted octanol–water partition coefficient (Wildman–Crippen LogP) is 7.82. The molecule has 2 amide bonds. The molecular formula is C52H77F3N6O7. The van der Waals surface area contributed by atoms with Crippen molar-refractivity contribution in [3.8, 4) is 0 Å². The van der Waals surface area contributed by atoms with Gasteiger partial charge in [0.2, 0.25) is 5.91 Å². The molecule has 7 aliphatic rings. The number of esters is 1. The van der Waals surface area contributed by atoms with E-state index in [1.807, 2.05) is 27.7 Å². The normalized spacial score (nSPS) is 36.7. The second-order valence-electron chi connectivity index (χ2n) is 24.8. The summed E-state index contributed by atoms with van der Waals surface area (Å²) in [5.41, 5.74) is -3.55. The average molecular weight is 955 g/mol. The summed E-state index contributed by atoms with van der Waals surface area (Å²) in [6.45, 7) is 26.2. The number of rotatable bonds is 11. The van der Waals surface area contributed by atoms with Gasteiger partial charge in [0.05, 0.1) is 23.9 Å². The minimum absolute atomic E-state index is 0.0103. The third kappa shape index (κ3) is 7.95. The Balaban J connectivity index is 1.01. The van der Waals surface area contributed by atoms with Crippen LogP contribution in [0.1, 0.15) is 157 Å². The molecule has 1 saturated heterocycles. The Labute approximate surface area is 400 Å². The van der Waals surface area contributed by atoms with E-state index in [1.165, 1.54) is 0 Å². The van der Waals surface area contributed by atoms with Gasteiger partial charge in [-0.05, 0) is 128 Å². The molecule has 5 saturated carbocycles. The van der Waals surface area contributed by atoms with Crippen molar-refractivity contribution in [3.05, 3.63) is 28.6 Å². The summed E-state index contributed by atoms with van der Waals surface area (Å²) in [7, 11) is 0. The highest BCUT2D eigenvalue weighted by atomic mass is 19.4. The molecule has 6 fully saturated rings. The molecule has 1 aromatic rings. The number of carboxylic acid groups (broad SMARTS) is 1. The maximum Gasteiger partial charge on any atom is 0.435 e. The zero-order chi connectivity index (χ0) is 49.9. The Kier molecular flexibility index (Phi) is 12.6. The number of nitrogens with one attached hydrogen (secondary N) is 3. The van der Waals surface area contributed by atoms with Gasteiger partial charge in [-0.3, -0.25) is 33.6 Å². The van der Waals surface area contributed by atoms with E-state index < -0.39 is 58.0 Å². The van der Waals surface area contributed by atoms with E-state index in [1.54, 1.807) is 13.8 Å². The van der Waals surface area contributed by atoms with Gasteiger partial charge in [0.15, 0.2) is 11.5 Å². The zero-order valence-corrected chi connectivity index (χ0v) is 42.3. The van der Waals surface area contributed by atoms with Crippen LogP contribution in [0.4, 0.5) is 13.2 Å². The van der Waals surface area contributed by atoms with Crippen molar-refractivity contribution in [1.29, 1.82) is 0 Å². The van der Waals surface area contributed by atoms with Crippen molar-refractivity contribution in [2.75, 3.05) is 32.7 Å². The van der Waals surface area contributed by atoms with Crippen LogP contribution in [-0.4, -0.2) is 99.2 Å². The predicted molar refractivity (Wildman–Crippen MR) is 249 cm³/mol. The van der Waals surface area contributed by atoms with E-state index in [4.69, 9.17) is 4.74 Å². The summed E-state index contributed by atoms with van der Waals surface area (Å²) in [4.78, 5) is 70.6. The number of carboxylic acids is 1. The molecule has 0 radical (unpaired) electrons. The smallest absolute Gasteiger partial charge is 0.435 e. The minimum Gasteiger partial charge on any atom is -0.481 e. The van der Waals surface area contributed by atoms with E-state index >= 15 is 0 Å². The lowest BCUT2D eigenvalue weighted by molar-refractivity contribution is -0.235. The SMILES string of the molecule is CC(C)C1=C2[C@H]3CC[C@@H]4[C@@]5(C)CC[C@H](OC(=O)[C@H]6C[C@@H](C(=O)O)C6(C)C)C(C)(C)[C@@H]5CC[C@@]4(C)[C@]3(C)CC[C@@]2(NC(=O)C(C)(C)NC(=O)c2cc(C(F)(F)F)nn2CCN2CCNCC2)CC1=O. The van der Waals surface area contributed by atoms with Crippen LogP contribution in [0.2, 0.25) is 0 Å². The molecule has 0 aromatic carbocycles. The van der Waals surface area contributed by atoms with Crippen LogP contribution in [0.5, 0.6) is 0 Å². The first-order valence-corrected chi connectivity index (χ1v) is 25.4. The number of amides is 2. The van der Waals surface area contributed by atoms with Gasteiger partial charge < -0.3 is 25.8 Å². The first-order valence-electron chi connectivity index (χ1n) is 25.4. The van der Waals surface area contributed by atoms with Crippen LogP contribution in [0.3, 0.4) is 0 Å². The van der Waals surface area contributed by atoms with Gasteiger partial charge in [0, 0.05) is 50.6 Å². The molecule has 6 aliphatic carbocycles. The van der Waals surface area contributed by atoms with Gasteiger partial charge in [0.25, 0.3) is 5.91 Å². The zero-order valence-electron chi connectivity index (χ0n) is 42.3. The van der Waals surface area contributed by atoms with E-state index in [2.05, 4.69) is 60.6 Å². The number of aromatic nitrogens is 2. The lowest BCUT2D eigenvalue weighted by atomic mass is 9.33. The molecule has 1 aromatic heterocycles. The van der Waals surface area contributed by atoms with Gasteiger partial charge >= 0.3 is 18.1 Å². The number of nitrogens with zero attached hydrogens (tertiary/aromatic N) is 3. The number of aliphatic carboxylic acids is 1. The second kappa shape index (κ2) is 16.9. The fourth-order valence-corrected chi connectivity index (χ4v) is 15.8. The maximum atomic E-state index is 14.7. The highest BCUT2D eigenvalue weighted by Crippen LogP contribution is 2.76. The molecule has 378 valence electrons. The van der Waals surface area contributed by atoms with Crippen LogP contribution < -0.4 is 16.0 Å². The first kappa shape index (κ1) is 50.6. The van der Waals surface area contributed by atoms with Crippen LogP contribution in [0.15, 0.2) is 17.2 Å². The Bertz CT molecular complexity index is 2260. The first-order chi connectivity index (χ1) is 31.4. The molecule has 0 bridgehead atoms. The summed E-state index contributed by atoms with van der Waals surface area (Å²) in [6, 6.07) is 0.745. The van der Waals surface area contributed by atoms with Crippen molar-refractivity contribution in [2.45, 2.75) is 170 Å². The third-order valence-corrected chi connectivity index (χ3v) is 20.0. The minimum atomic E-state index is -4.77.